The first-order valence-electron chi connectivity index (χ1n) is 4.97. The standard InChI is InChI=1S/C12H10O3S2/c1-8(13)15-12(14)11(9-4-2-6-16-9)10-5-3-7-17-10/h2-7,11H,1H3. The molecule has 2 rings (SSSR count). The normalized spacial score (nSPS) is 10.5. The molecule has 0 spiro atoms. The highest BCUT2D eigenvalue weighted by molar-refractivity contribution is 7.11. The van der Waals surface area contributed by atoms with Gasteiger partial charge in [0.15, 0.2) is 0 Å². The Morgan fingerprint density at radius 1 is 1.12 bits per heavy atom. The first kappa shape index (κ1) is 12.0. The molecule has 0 atom stereocenters. The summed E-state index contributed by atoms with van der Waals surface area (Å²) < 4.78 is 4.70. The molecule has 0 saturated heterocycles. The van der Waals surface area contributed by atoms with E-state index in [1.807, 2.05) is 35.0 Å². The van der Waals surface area contributed by atoms with E-state index in [-0.39, 0.29) is 0 Å². The molecule has 2 aromatic rings. The molecule has 0 aliphatic heterocycles. The van der Waals surface area contributed by atoms with Gasteiger partial charge in [-0.05, 0) is 22.9 Å². The molecule has 2 heterocycles. The maximum Gasteiger partial charge on any atom is 0.327 e. The van der Waals surface area contributed by atoms with Gasteiger partial charge in [0, 0.05) is 16.7 Å². The Morgan fingerprint density at radius 2 is 1.65 bits per heavy atom. The third-order valence-corrected chi connectivity index (χ3v) is 4.01. The van der Waals surface area contributed by atoms with Gasteiger partial charge in [-0.1, -0.05) is 12.1 Å². The van der Waals surface area contributed by atoms with Crippen LogP contribution in [0.1, 0.15) is 22.6 Å². The molecule has 0 aliphatic carbocycles. The van der Waals surface area contributed by atoms with E-state index in [1.165, 1.54) is 29.6 Å². The van der Waals surface area contributed by atoms with Gasteiger partial charge in [0.05, 0.1) is 0 Å². The minimum absolute atomic E-state index is 0.487. The Labute approximate surface area is 107 Å². The molecule has 0 unspecified atom stereocenters. The monoisotopic (exact) mass is 266 g/mol. The fraction of sp³-hybridized carbons (Fsp3) is 0.167. The molecule has 88 valence electrons. The minimum atomic E-state index is -0.576. The summed E-state index contributed by atoms with van der Waals surface area (Å²) >= 11 is 2.96. The molecule has 2 aromatic heterocycles. The second kappa shape index (κ2) is 5.25. The number of hydrogen-bond donors (Lipinski definition) is 0. The van der Waals surface area contributed by atoms with Crippen LogP contribution in [-0.2, 0) is 14.3 Å². The Balaban J connectivity index is 2.32. The van der Waals surface area contributed by atoms with Crippen LogP contribution in [-0.4, -0.2) is 11.9 Å². The zero-order chi connectivity index (χ0) is 12.3. The largest absolute Gasteiger partial charge is 0.393 e. The average Bonchev–Trinajstić information content (AvgIpc) is 2.88. The first-order valence-corrected chi connectivity index (χ1v) is 6.73. The van der Waals surface area contributed by atoms with Crippen LogP contribution < -0.4 is 0 Å². The van der Waals surface area contributed by atoms with Crippen molar-refractivity contribution in [3.05, 3.63) is 44.8 Å². The molecule has 17 heavy (non-hydrogen) atoms. The molecule has 0 N–H and O–H groups in total. The highest BCUT2D eigenvalue weighted by Crippen LogP contribution is 2.32. The molecular weight excluding hydrogens is 256 g/mol. The number of rotatable bonds is 3. The maximum absolute atomic E-state index is 11.9. The van der Waals surface area contributed by atoms with Gasteiger partial charge >= 0.3 is 11.9 Å². The van der Waals surface area contributed by atoms with Crippen LogP contribution in [0, 0.1) is 0 Å². The summed E-state index contributed by atoms with van der Waals surface area (Å²) in [6.45, 7) is 1.23. The smallest absolute Gasteiger partial charge is 0.327 e. The molecule has 5 heteroatoms. The summed E-state index contributed by atoms with van der Waals surface area (Å²) in [5.41, 5.74) is 0. The van der Waals surface area contributed by atoms with E-state index >= 15 is 0 Å². The lowest BCUT2D eigenvalue weighted by molar-refractivity contribution is -0.158. The third-order valence-electron chi connectivity index (χ3n) is 2.14. The first-order chi connectivity index (χ1) is 8.18. The van der Waals surface area contributed by atoms with Crippen molar-refractivity contribution in [2.45, 2.75) is 12.8 Å². The van der Waals surface area contributed by atoms with Crippen molar-refractivity contribution in [1.82, 2.24) is 0 Å². The zero-order valence-corrected chi connectivity index (χ0v) is 10.7. The van der Waals surface area contributed by atoms with Crippen molar-refractivity contribution in [3.63, 3.8) is 0 Å². The number of carbonyl (C=O) groups is 2. The number of thiophene rings is 2. The Kier molecular flexibility index (Phi) is 3.71. The topological polar surface area (TPSA) is 43.4 Å². The summed E-state index contributed by atoms with van der Waals surface area (Å²) in [4.78, 5) is 24.6. The van der Waals surface area contributed by atoms with Gasteiger partial charge in [-0.25, -0.2) is 0 Å². The van der Waals surface area contributed by atoms with Crippen molar-refractivity contribution >= 4 is 34.6 Å². The lowest BCUT2D eigenvalue weighted by atomic mass is 10.1. The van der Waals surface area contributed by atoms with E-state index in [9.17, 15) is 9.59 Å². The molecule has 0 aromatic carbocycles. The van der Waals surface area contributed by atoms with Gasteiger partial charge in [-0.3, -0.25) is 9.59 Å². The Hall–Kier alpha value is -1.46. The van der Waals surface area contributed by atoms with Crippen LogP contribution in [0.2, 0.25) is 0 Å². The lowest BCUT2D eigenvalue weighted by Gasteiger charge is -2.11. The van der Waals surface area contributed by atoms with Crippen LogP contribution >= 0.6 is 22.7 Å². The molecule has 0 saturated carbocycles. The molecule has 3 nitrogen and oxygen atoms in total. The summed E-state index contributed by atoms with van der Waals surface area (Å²) in [5.74, 6) is -1.57. The predicted octanol–water partition coefficient (Wildman–Crippen LogP) is 3.03. The second-order valence-corrected chi connectivity index (χ2v) is 5.34. The van der Waals surface area contributed by atoms with Crippen LogP contribution in [0.15, 0.2) is 35.0 Å². The van der Waals surface area contributed by atoms with E-state index in [2.05, 4.69) is 0 Å². The molecule has 0 radical (unpaired) electrons. The maximum atomic E-state index is 11.9. The van der Waals surface area contributed by atoms with Crippen molar-refractivity contribution in [1.29, 1.82) is 0 Å². The summed E-state index contributed by atoms with van der Waals surface area (Å²) in [7, 11) is 0. The second-order valence-electron chi connectivity index (χ2n) is 3.38. The van der Waals surface area contributed by atoms with Gasteiger partial charge in [-0.2, -0.15) is 0 Å². The van der Waals surface area contributed by atoms with Crippen LogP contribution in [0.25, 0.3) is 0 Å². The van der Waals surface area contributed by atoms with Gasteiger partial charge in [0.1, 0.15) is 5.92 Å². The predicted molar refractivity (Wildman–Crippen MR) is 67.3 cm³/mol. The summed E-state index contributed by atoms with van der Waals surface area (Å²) in [5, 5.41) is 3.80. The van der Waals surface area contributed by atoms with Crippen molar-refractivity contribution in [2.24, 2.45) is 0 Å². The van der Waals surface area contributed by atoms with E-state index in [1.54, 1.807) is 0 Å². The quantitative estimate of drug-likeness (QED) is 0.633. The van der Waals surface area contributed by atoms with E-state index in [0.29, 0.717) is 0 Å². The van der Waals surface area contributed by atoms with Crippen LogP contribution in [0.4, 0.5) is 0 Å². The van der Waals surface area contributed by atoms with Crippen LogP contribution in [0.3, 0.4) is 0 Å². The third kappa shape index (κ3) is 2.81. The Morgan fingerprint density at radius 3 is 2.00 bits per heavy atom. The molecule has 0 aliphatic rings. The Bertz CT molecular complexity index is 466. The lowest BCUT2D eigenvalue weighted by Crippen LogP contribution is -2.17. The van der Waals surface area contributed by atoms with Crippen LogP contribution in [0.5, 0.6) is 0 Å². The molecule has 0 bridgehead atoms. The number of carbonyl (C=O) groups excluding carboxylic acids is 2. The van der Waals surface area contributed by atoms with Gasteiger partial charge in [0.25, 0.3) is 0 Å². The molecular formula is C12H10O3S2. The van der Waals surface area contributed by atoms with Crippen molar-refractivity contribution in [3.8, 4) is 0 Å². The average molecular weight is 266 g/mol. The van der Waals surface area contributed by atoms with Gasteiger partial charge < -0.3 is 4.74 Å². The number of hydrogen-bond acceptors (Lipinski definition) is 5. The van der Waals surface area contributed by atoms with E-state index in [0.717, 1.165) is 9.75 Å². The van der Waals surface area contributed by atoms with Gasteiger partial charge in [-0.15, -0.1) is 22.7 Å². The van der Waals surface area contributed by atoms with Crippen molar-refractivity contribution in [2.75, 3.05) is 0 Å². The zero-order valence-electron chi connectivity index (χ0n) is 9.08. The summed E-state index contributed by atoms with van der Waals surface area (Å²) in [6.07, 6.45) is 0. The molecule has 0 amide bonds. The van der Waals surface area contributed by atoms with Gasteiger partial charge in [0.2, 0.25) is 0 Å². The highest BCUT2D eigenvalue weighted by atomic mass is 32.1. The number of ether oxygens (including phenoxy) is 1. The fourth-order valence-corrected chi connectivity index (χ4v) is 3.22. The van der Waals surface area contributed by atoms with Crippen molar-refractivity contribution < 1.29 is 14.3 Å². The van der Waals surface area contributed by atoms with E-state index in [4.69, 9.17) is 4.74 Å². The SMILES string of the molecule is CC(=O)OC(=O)C(c1cccs1)c1cccs1. The minimum Gasteiger partial charge on any atom is -0.393 e. The highest BCUT2D eigenvalue weighted by Gasteiger charge is 2.27. The number of esters is 2. The van der Waals surface area contributed by atoms with E-state index < -0.39 is 17.9 Å². The molecule has 0 fully saturated rings. The fourth-order valence-electron chi connectivity index (χ4n) is 1.48. The summed E-state index contributed by atoms with van der Waals surface area (Å²) in [6, 6.07) is 7.50.